The van der Waals surface area contributed by atoms with E-state index in [9.17, 15) is 13.2 Å². The molecular formula is C6BrCl2F3. The van der Waals surface area contributed by atoms with Crippen LogP contribution < -0.4 is 0 Å². The lowest BCUT2D eigenvalue weighted by atomic mass is 10.3. The fourth-order valence-corrected chi connectivity index (χ4v) is 1.33. The number of hydrogen-bond donors (Lipinski definition) is 0. The van der Waals surface area contributed by atoms with Crippen LogP contribution in [0.25, 0.3) is 0 Å². The largest absolute Gasteiger partial charge is 0.202 e. The minimum Gasteiger partial charge on any atom is -0.202 e. The van der Waals surface area contributed by atoms with E-state index in [0.29, 0.717) is 0 Å². The Kier molecular flexibility index (Phi) is 2.91. The molecule has 66 valence electrons. The molecule has 0 N–H and O–H groups in total. The lowest BCUT2D eigenvalue weighted by molar-refractivity contribution is 0.447. The van der Waals surface area contributed by atoms with Crippen molar-refractivity contribution in [1.82, 2.24) is 0 Å². The zero-order chi connectivity index (χ0) is 9.46. The minimum absolute atomic E-state index is 0.192. The van der Waals surface area contributed by atoms with Gasteiger partial charge in [0.2, 0.25) is 0 Å². The van der Waals surface area contributed by atoms with E-state index in [1.54, 1.807) is 0 Å². The first-order chi connectivity index (χ1) is 5.46. The molecule has 0 heterocycles. The summed E-state index contributed by atoms with van der Waals surface area (Å²) in [6, 6.07) is 0. The first-order valence-electron chi connectivity index (χ1n) is 2.63. The van der Waals surface area contributed by atoms with Gasteiger partial charge in [0.1, 0.15) is 0 Å². The summed E-state index contributed by atoms with van der Waals surface area (Å²) in [6.07, 6.45) is 0. The molecule has 0 radical (unpaired) electrons. The maximum absolute atomic E-state index is 12.6. The van der Waals surface area contributed by atoms with Crippen molar-refractivity contribution in [3.05, 3.63) is 32.0 Å². The highest BCUT2D eigenvalue weighted by Gasteiger charge is 2.21. The molecule has 0 atom stereocenters. The Bertz CT molecular complexity index is 235. The van der Waals surface area contributed by atoms with Crippen LogP contribution in [0.5, 0.6) is 0 Å². The summed E-state index contributed by atoms with van der Waals surface area (Å²) >= 11 is 13.2. The summed E-state index contributed by atoms with van der Waals surface area (Å²) in [5.41, 5.74) is 0. The summed E-state index contributed by atoms with van der Waals surface area (Å²) in [7, 11) is 0. The van der Waals surface area contributed by atoms with E-state index in [-0.39, 0.29) is 4.47 Å². The average molecular weight is 280 g/mol. The zero-order valence-corrected chi connectivity index (χ0v) is 8.37. The Hall–Kier alpha value is 0.0700. The van der Waals surface area contributed by atoms with Crippen LogP contribution in [0.2, 0.25) is 10.0 Å². The molecule has 1 aromatic carbocycles. The lowest BCUT2D eigenvalue weighted by Crippen LogP contribution is -1.94. The van der Waals surface area contributed by atoms with Gasteiger partial charge >= 0.3 is 0 Å². The highest BCUT2D eigenvalue weighted by molar-refractivity contribution is 9.10. The maximum atomic E-state index is 12.6. The summed E-state index contributed by atoms with van der Waals surface area (Å²) in [4.78, 5) is 0. The van der Waals surface area contributed by atoms with Crippen LogP contribution in [0.1, 0.15) is 0 Å². The quantitative estimate of drug-likeness (QED) is 0.494. The van der Waals surface area contributed by atoms with Gasteiger partial charge in [-0.3, -0.25) is 0 Å². The van der Waals surface area contributed by atoms with E-state index in [2.05, 4.69) is 15.9 Å². The van der Waals surface area contributed by atoms with Crippen molar-refractivity contribution in [2.24, 2.45) is 0 Å². The van der Waals surface area contributed by atoms with Gasteiger partial charge in [-0.05, 0) is 15.9 Å². The minimum atomic E-state index is -1.67. The van der Waals surface area contributed by atoms with Gasteiger partial charge in [-0.2, -0.15) is 0 Å². The maximum Gasteiger partial charge on any atom is 0.197 e. The van der Waals surface area contributed by atoms with Crippen molar-refractivity contribution in [2.45, 2.75) is 0 Å². The molecule has 0 saturated carbocycles. The Morgan fingerprint density at radius 1 is 0.833 bits per heavy atom. The molecule has 1 aromatic rings. The number of hydrogen-bond acceptors (Lipinski definition) is 0. The summed E-state index contributed by atoms with van der Waals surface area (Å²) in [6.45, 7) is 0. The Labute approximate surface area is 84.4 Å². The number of benzene rings is 1. The standard InChI is InChI=1S/C6BrCl2F3/c7-1-2(8)4(10)6(12)5(11)3(1)9. The Morgan fingerprint density at radius 3 is 1.50 bits per heavy atom. The predicted molar refractivity (Wildman–Crippen MR) is 44.0 cm³/mol. The van der Waals surface area contributed by atoms with Crippen molar-refractivity contribution in [1.29, 1.82) is 0 Å². The normalized spacial score (nSPS) is 10.5. The fourth-order valence-electron chi connectivity index (χ4n) is 0.578. The molecule has 0 aromatic heterocycles. The van der Waals surface area contributed by atoms with Crippen LogP contribution in [-0.2, 0) is 0 Å². The Balaban J connectivity index is 3.60. The van der Waals surface area contributed by atoms with Gasteiger partial charge in [0, 0.05) is 0 Å². The van der Waals surface area contributed by atoms with Gasteiger partial charge in [0.15, 0.2) is 17.5 Å². The van der Waals surface area contributed by atoms with E-state index < -0.39 is 27.5 Å². The summed E-state index contributed by atoms with van der Waals surface area (Å²) < 4.78 is 37.5. The molecule has 0 aliphatic heterocycles. The van der Waals surface area contributed by atoms with Crippen LogP contribution in [0, 0.1) is 17.5 Å². The second-order valence-corrected chi connectivity index (χ2v) is 3.43. The van der Waals surface area contributed by atoms with Crippen molar-refractivity contribution >= 4 is 39.1 Å². The molecule has 0 unspecified atom stereocenters. The van der Waals surface area contributed by atoms with Crippen LogP contribution in [0.15, 0.2) is 4.47 Å². The van der Waals surface area contributed by atoms with E-state index >= 15 is 0 Å². The van der Waals surface area contributed by atoms with E-state index in [1.807, 2.05) is 0 Å². The monoisotopic (exact) mass is 278 g/mol. The zero-order valence-electron chi connectivity index (χ0n) is 5.27. The smallest absolute Gasteiger partial charge is 0.197 e. The molecule has 0 nitrogen and oxygen atoms in total. The molecule has 0 amide bonds. The number of halogens is 6. The second kappa shape index (κ2) is 3.44. The molecule has 0 aliphatic carbocycles. The van der Waals surface area contributed by atoms with Crippen molar-refractivity contribution in [2.75, 3.05) is 0 Å². The third-order valence-electron chi connectivity index (χ3n) is 1.16. The first-order valence-corrected chi connectivity index (χ1v) is 4.18. The SMILES string of the molecule is Fc1c(F)c(Cl)c(Br)c(Cl)c1F. The van der Waals surface area contributed by atoms with Gasteiger partial charge in [0.05, 0.1) is 14.5 Å². The summed E-state index contributed by atoms with van der Waals surface area (Å²) in [5, 5.41) is -1.14. The van der Waals surface area contributed by atoms with E-state index in [4.69, 9.17) is 23.2 Å². The van der Waals surface area contributed by atoms with Gasteiger partial charge in [-0.25, -0.2) is 13.2 Å². The van der Waals surface area contributed by atoms with Crippen LogP contribution >= 0.6 is 39.1 Å². The van der Waals surface area contributed by atoms with Crippen molar-refractivity contribution < 1.29 is 13.2 Å². The molecule has 0 fully saturated rings. The van der Waals surface area contributed by atoms with Gasteiger partial charge < -0.3 is 0 Å². The Morgan fingerprint density at radius 2 is 1.17 bits per heavy atom. The molecule has 1 rings (SSSR count). The van der Waals surface area contributed by atoms with Crippen LogP contribution in [-0.4, -0.2) is 0 Å². The highest BCUT2D eigenvalue weighted by Crippen LogP contribution is 2.36. The molecule has 0 bridgehead atoms. The van der Waals surface area contributed by atoms with Crippen molar-refractivity contribution in [3.63, 3.8) is 0 Å². The molecule has 12 heavy (non-hydrogen) atoms. The molecule has 6 heteroatoms. The third-order valence-corrected chi connectivity index (χ3v) is 3.12. The highest BCUT2D eigenvalue weighted by atomic mass is 79.9. The van der Waals surface area contributed by atoms with Crippen molar-refractivity contribution in [3.8, 4) is 0 Å². The fraction of sp³-hybridized carbons (Fsp3) is 0. The summed E-state index contributed by atoms with van der Waals surface area (Å²) in [5.74, 6) is -4.58. The second-order valence-electron chi connectivity index (χ2n) is 1.88. The lowest BCUT2D eigenvalue weighted by Gasteiger charge is -2.03. The van der Waals surface area contributed by atoms with Crippen LogP contribution in [0.3, 0.4) is 0 Å². The van der Waals surface area contributed by atoms with E-state index in [0.717, 1.165) is 0 Å². The predicted octanol–water partition coefficient (Wildman–Crippen LogP) is 4.17. The van der Waals surface area contributed by atoms with Gasteiger partial charge in [-0.15, -0.1) is 0 Å². The molecular weight excluding hydrogens is 280 g/mol. The van der Waals surface area contributed by atoms with E-state index in [1.165, 1.54) is 0 Å². The first kappa shape index (κ1) is 10.2. The van der Waals surface area contributed by atoms with Gasteiger partial charge in [0.25, 0.3) is 0 Å². The molecule has 0 spiro atoms. The molecule has 0 saturated heterocycles. The number of rotatable bonds is 0. The average Bonchev–Trinajstić information content (AvgIpc) is 2.08. The third kappa shape index (κ3) is 1.43. The molecule has 0 aliphatic rings. The topological polar surface area (TPSA) is 0 Å². The van der Waals surface area contributed by atoms with Crippen LogP contribution in [0.4, 0.5) is 13.2 Å². The van der Waals surface area contributed by atoms with Gasteiger partial charge in [-0.1, -0.05) is 23.2 Å².